The molecule has 1 aliphatic rings. The van der Waals surface area contributed by atoms with Gasteiger partial charge in [-0.25, -0.2) is 13.2 Å². The van der Waals surface area contributed by atoms with Gasteiger partial charge in [0.2, 0.25) is 9.84 Å². The van der Waals surface area contributed by atoms with Crippen LogP contribution in [0.25, 0.3) is 0 Å². The number of nitrogens with zero attached hydrogens (tertiary/aromatic N) is 3. The van der Waals surface area contributed by atoms with Gasteiger partial charge >= 0.3 is 6.09 Å². The van der Waals surface area contributed by atoms with E-state index in [0.717, 1.165) is 0 Å². The van der Waals surface area contributed by atoms with Crippen molar-refractivity contribution in [2.24, 2.45) is 0 Å². The van der Waals surface area contributed by atoms with E-state index in [1.807, 2.05) is 0 Å². The summed E-state index contributed by atoms with van der Waals surface area (Å²) < 4.78 is 35.3. The molecule has 8 nitrogen and oxygen atoms in total. The first kappa shape index (κ1) is 19.6. The van der Waals surface area contributed by atoms with E-state index in [9.17, 15) is 18.5 Å². The number of carbonyl (C=O) groups is 1. The van der Waals surface area contributed by atoms with E-state index in [0.29, 0.717) is 38.5 Å². The lowest BCUT2D eigenvalue weighted by Gasteiger charge is -2.33. The number of amides is 1. The number of piperazine rings is 1. The molecule has 1 aromatic rings. The minimum atomic E-state index is -3.92. The van der Waals surface area contributed by atoms with E-state index in [-0.39, 0.29) is 15.9 Å². The van der Waals surface area contributed by atoms with Crippen molar-refractivity contribution in [1.82, 2.24) is 9.80 Å². The summed E-state index contributed by atoms with van der Waals surface area (Å²) in [4.78, 5) is 14.6. The molecule has 0 unspecified atom stereocenters. The molecule has 0 atom stereocenters. The Morgan fingerprint density at radius 2 is 1.85 bits per heavy atom. The number of rotatable bonds is 5. The van der Waals surface area contributed by atoms with Gasteiger partial charge in [0, 0.05) is 32.4 Å². The number of benzene rings is 1. The molecule has 0 saturated carbocycles. The van der Waals surface area contributed by atoms with Crippen LogP contribution >= 0.6 is 0 Å². The molecular formula is C17H21N3O5S. The van der Waals surface area contributed by atoms with Crippen LogP contribution in [0.5, 0.6) is 5.75 Å². The topological polar surface area (TPSA) is 99.9 Å². The third kappa shape index (κ3) is 4.46. The standard InChI is InChI=1S/C17H21N3O5S/c1-3-25-17(21)20-10-8-19(9-11-20)13-16(12-18)26(22,23)15-6-4-14(24-2)5-7-15/h4-7,13H,3,8-11H2,1-2H3/b16-13-. The highest BCUT2D eigenvalue weighted by Gasteiger charge is 2.25. The highest BCUT2D eigenvalue weighted by atomic mass is 32.2. The maximum Gasteiger partial charge on any atom is 0.409 e. The first-order valence-electron chi connectivity index (χ1n) is 8.09. The van der Waals surface area contributed by atoms with Crippen molar-refractivity contribution in [1.29, 1.82) is 5.26 Å². The largest absolute Gasteiger partial charge is 0.497 e. The Hall–Kier alpha value is -2.73. The Bertz CT molecular complexity index is 804. The predicted molar refractivity (Wildman–Crippen MR) is 94.0 cm³/mol. The normalized spacial score (nSPS) is 15.3. The van der Waals surface area contributed by atoms with Crippen molar-refractivity contribution in [3.05, 3.63) is 35.4 Å². The predicted octanol–water partition coefficient (Wildman–Crippen LogP) is 1.61. The Morgan fingerprint density at radius 1 is 1.23 bits per heavy atom. The minimum absolute atomic E-state index is 0.0243. The molecule has 0 radical (unpaired) electrons. The van der Waals surface area contributed by atoms with Crippen molar-refractivity contribution >= 4 is 15.9 Å². The minimum Gasteiger partial charge on any atom is -0.497 e. The highest BCUT2D eigenvalue weighted by Crippen LogP contribution is 2.22. The number of carbonyl (C=O) groups excluding carboxylic acids is 1. The molecule has 2 rings (SSSR count). The second kappa shape index (κ2) is 8.58. The Morgan fingerprint density at radius 3 is 2.35 bits per heavy atom. The number of hydrogen-bond donors (Lipinski definition) is 0. The fourth-order valence-corrected chi connectivity index (χ4v) is 3.61. The van der Waals surface area contributed by atoms with E-state index >= 15 is 0 Å². The van der Waals surface area contributed by atoms with Crippen molar-refractivity contribution in [3.8, 4) is 11.8 Å². The first-order chi connectivity index (χ1) is 12.4. The van der Waals surface area contributed by atoms with Crippen LogP contribution in [-0.2, 0) is 14.6 Å². The summed E-state index contributed by atoms with van der Waals surface area (Å²) in [7, 11) is -2.43. The maximum atomic E-state index is 12.7. The Kier molecular flexibility index (Phi) is 6.46. The molecule has 0 aliphatic carbocycles. The van der Waals surface area contributed by atoms with Gasteiger partial charge in [0.15, 0.2) is 4.91 Å². The summed E-state index contributed by atoms with van der Waals surface area (Å²) in [6, 6.07) is 7.62. The lowest BCUT2D eigenvalue weighted by molar-refractivity contribution is 0.0890. The number of nitriles is 1. The zero-order valence-corrected chi connectivity index (χ0v) is 15.5. The van der Waals surface area contributed by atoms with Crippen molar-refractivity contribution in [2.75, 3.05) is 39.9 Å². The smallest absolute Gasteiger partial charge is 0.409 e. The molecule has 1 amide bonds. The molecule has 0 aromatic heterocycles. The van der Waals surface area contributed by atoms with Crippen LogP contribution in [-0.4, -0.2) is 64.2 Å². The van der Waals surface area contributed by atoms with Gasteiger partial charge in [-0.3, -0.25) is 0 Å². The average Bonchev–Trinajstić information content (AvgIpc) is 2.66. The maximum absolute atomic E-state index is 12.7. The summed E-state index contributed by atoms with van der Waals surface area (Å²) in [6.45, 7) is 3.68. The quantitative estimate of drug-likeness (QED) is 0.717. The second-order valence-corrected chi connectivity index (χ2v) is 7.42. The van der Waals surface area contributed by atoms with E-state index < -0.39 is 9.84 Å². The number of ether oxygens (including phenoxy) is 2. The van der Waals surface area contributed by atoms with Gasteiger partial charge in [-0.2, -0.15) is 5.26 Å². The van der Waals surface area contributed by atoms with E-state index in [2.05, 4.69) is 0 Å². The highest BCUT2D eigenvalue weighted by molar-refractivity contribution is 7.95. The van der Waals surface area contributed by atoms with Gasteiger partial charge in [0.1, 0.15) is 11.8 Å². The Balaban J connectivity index is 2.12. The fourth-order valence-electron chi connectivity index (χ4n) is 2.45. The molecule has 140 valence electrons. The number of hydrogen-bond acceptors (Lipinski definition) is 7. The summed E-state index contributed by atoms with van der Waals surface area (Å²) in [5, 5.41) is 9.33. The fraction of sp³-hybridized carbons (Fsp3) is 0.412. The van der Waals surface area contributed by atoms with Crippen LogP contribution in [0.4, 0.5) is 4.79 Å². The van der Waals surface area contributed by atoms with E-state index in [1.54, 1.807) is 22.8 Å². The SMILES string of the molecule is CCOC(=O)N1CCN(/C=C(/C#N)S(=O)(=O)c2ccc(OC)cc2)CC1. The van der Waals surface area contributed by atoms with Crippen LogP contribution in [0.15, 0.2) is 40.3 Å². The van der Waals surface area contributed by atoms with Crippen LogP contribution in [0, 0.1) is 11.3 Å². The molecule has 1 aromatic carbocycles. The first-order valence-corrected chi connectivity index (χ1v) is 9.57. The summed E-state index contributed by atoms with van der Waals surface area (Å²) in [5.41, 5.74) is 0. The summed E-state index contributed by atoms with van der Waals surface area (Å²) in [5.74, 6) is 0.529. The van der Waals surface area contributed by atoms with Gasteiger partial charge in [0.25, 0.3) is 0 Å². The van der Waals surface area contributed by atoms with Gasteiger partial charge in [-0.05, 0) is 31.2 Å². The second-order valence-electron chi connectivity index (χ2n) is 5.51. The molecule has 1 fully saturated rings. The van der Waals surface area contributed by atoms with Crippen LogP contribution in [0.2, 0.25) is 0 Å². The molecular weight excluding hydrogens is 358 g/mol. The molecule has 0 bridgehead atoms. The zero-order valence-electron chi connectivity index (χ0n) is 14.7. The van der Waals surface area contributed by atoms with Crippen molar-refractivity contribution in [3.63, 3.8) is 0 Å². The molecule has 0 spiro atoms. The lowest BCUT2D eigenvalue weighted by Crippen LogP contribution is -2.47. The van der Waals surface area contributed by atoms with Gasteiger partial charge < -0.3 is 19.3 Å². The van der Waals surface area contributed by atoms with E-state index in [1.165, 1.54) is 37.6 Å². The summed E-state index contributed by atoms with van der Waals surface area (Å²) in [6.07, 6.45) is 0.949. The molecule has 26 heavy (non-hydrogen) atoms. The lowest BCUT2D eigenvalue weighted by atomic mass is 10.3. The van der Waals surface area contributed by atoms with Gasteiger partial charge in [0.05, 0.1) is 18.6 Å². The van der Waals surface area contributed by atoms with Gasteiger partial charge in [-0.1, -0.05) is 0 Å². The third-order valence-corrected chi connectivity index (χ3v) is 5.58. The Labute approximate surface area is 153 Å². The monoisotopic (exact) mass is 379 g/mol. The van der Waals surface area contributed by atoms with Crippen LogP contribution in [0.3, 0.4) is 0 Å². The average molecular weight is 379 g/mol. The molecule has 9 heteroatoms. The third-order valence-electron chi connectivity index (χ3n) is 3.91. The van der Waals surface area contributed by atoms with Crippen LogP contribution < -0.4 is 4.74 Å². The van der Waals surface area contributed by atoms with Crippen molar-refractivity contribution < 1.29 is 22.7 Å². The number of allylic oxidation sites excluding steroid dienone is 1. The molecule has 1 saturated heterocycles. The number of methoxy groups -OCH3 is 1. The number of sulfone groups is 1. The van der Waals surface area contributed by atoms with Gasteiger partial charge in [-0.15, -0.1) is 0 Å². The molecule has 1 aliphatic heterocycles. The van der Waals surface area contributed by atoms with E-state index in [4.69, 9.17) is 9.47 Å². The van der Waals surface area contributed by atoms with Crippen LogP contribution in [0.1, 0.15) is 6.92 Å². The molecule has 1 heterocycles. The molecule has 0 N–H and O–H groups in total. The summed E-state index contributed by atoms with van der Waals surface area (Å²) >= 11 is 0. The van der Waals surface area contributed by atoms with Crippen molar-refractivity contribution in [2.45, 2.75) is 11.8 Å². The zero-order chi connectivity index (χ0) is 19.2.